The summed E-state index contributed by atoms with van der Waals surface area (Å²) >= 11 is 4.26. The van der Waals surface area contributed by atoms with Crippen LogP contribution < -0.4 is 9.86 Å². The van der Waals surface area contributed by atoms with E-state index in [9.17, 15) is 16.8 Å². The molecule has 0 spiro atoms. The van der Waals surface area contributed by atoms with Crippen LogP contribution in [0.1, 0.15) is 0 Å². The van der Waals surface area contributed by atoms with Crippen LogP contribution in [0, 0.1) is 0 Å². The monoisotopic (exact) mass is 396 g/mol. The molecule has 2 aromatic rings. The van der Waals surface area contributed by atoms with E-state index >= 15 is 0 Å². The van der Waals surface area contributed by atoms with Crippen molar-refractivity contribution in [3.8, 4) is 0 Å². The minimum Gasteiger partial charge on any atom is -0.279 e. The van der Waals surface area contributed by atoms with Gasteiger partial charge in [0, 0.05) is 5.69 Å². The number of nitrogens with one attached hydrogen (secondary N) is 1. The molecule has 0 saturated heterocycles. The maximum Gasteiger partial charge on any atom is 0.271 e. The van der Waals surface area contributed by atoms with Gasteiger partial charge in [-0.15, -0.1) is 11.3 Å². The normalized spacial score (nSPS) is 12.3. The molecule has 2 rings (SSSR count). The molecule has 108 valence electrons. The van der Waals surface area contributed by atoms with Crippen molar-refractivity contribution >= 4 is 53.0 Å². The zero-order valence-corrected chi connectivity index (χ0v) is 13.8. The first-order valence-electron chi connectivity index (χ1n) is 5.09. The number of sulfonamides is 2. The van der Waals surface area contributed by atoms with E-state index in [1.54, 1.807) is 6.07 Å². The highest BCUT2D eigenvalue weighted by atomic mass is 79.9. The lowest BCUT2D eigenvalue weighted by molar-refractivity contribution is 0.597. The highest BCUT2D eigenvalue weighted by Crippen LogP contribution is 2.27. The number of rotatable bonds is 4. The van der Waals surface area contributed by atoms with E-state index in [4.69, 9.17) is 5.14 Å². The number of halogens is 1. The van der Waals surface area contributed by atoms with Crippen molar-refractivity contribution in [2.24, 2.45) is 5.14 Å². The fraction of sp³-hybridized carbons (Fsp3) is 0. The number of anilines is 1. The molecule has 10 heteroatoms. The van der Waals surface area contributed by atoms with E-state index in [2.05, 4.69) is 20.7 Å². The number of thiophene rings is 1. The third-order valence-electron chi connectivity index (χ3n) is 2.25. The molecule has 0 atom stereocenters. The van der Waals surface area contributed by atoms with E-state index in [-0.39, 0.29) is 14.8 Å². The summed E-state index contributed by atoms with van der Waals surface area (Å²) in [6.07, 6.45) is 0. The Morgan fingerprint density at radius 2 is 1.60 bits per heavy atom. The second kappa shape index (κ2) is 5.45. The van der Waals surface area contributed by atoms with Crippen LogP contribution in [0.3, 0.4) is 0 Å². The van der Waals surface area contributed by atoms with Gasteiger partial charge in [0.25, 0.3) is 10.0 Å². The Balaban J connectivity index is 2.26. The molecule has 3 N–H and O–H groups in total. The Bertz CT molecular complexity index is 826. The smallest absolute Gasteiger partial charge is 0.271 e. The van der Waals surface area contributed by atoms with Gasteiger partial charge < -0.3 is 0 Å². The van der Waals surface area contributed by atoms with Crippen molar-refractivity contribution < 1.29 is 16.8 Å². The lowest BCUT2D eigenvalue weighted by Crippen LogP contribution is -2.13. The first-order chi connectivity index (χ1) is 9.18. The van der Waals surface area contributed by atoms with Gasteiger partial charge >= 0.3 is 0 Å². The topological polar surface area (TPSA) is 106 Å². The van der Waals surface area contributed by atoms with Gasteiger partial charge in [0.15, 0.2) is 0 Å². The van der Waals surface area contributed by atoms with Crippen LogP contribution in [0.5, 0.6) is 0 Å². The Kier molecular flexibility index (Phi) is 4.21. The SMILES string of the molecule is NS(=O)(=O)c1ccc(NS(=O)(=O)c2ccc(Br)s2)cc1. The van der Waals surface area contributed by atoms with Gasteiger partial charge in [-0.25, -0.2) is 22.0 Å². The van der Waals surface area contributed by atoms with Gasteiger partial charge in [0.2, 0.25) is 10.0 Å². The van der Waals surface area contributed by atoms with Crippen LogP contribution in [0.25, 0.3) is 0 Å². The fourth-order valence-electron chi connectivity index (χ4n) is 1.36. The van der Waals surface area contributed by atoms with Crippen LogP contribution in [-0.4, -0.2) is 16.8 Å². The average Bonchev–Trinajstić information content (AvgIpc) is 2.76. The first kappa shape index (κ1) is 15.4. The van der Waals surface area contributed by atoms with Crippen molar-refractivity contribution in [3.05, 3.63) is 40.2 Å². The molecule has 1 heterocycles. The maximum absolute atomic E-state index is 12.0. The quantitative estimate of drug-likeness (QED) is 0.823. The first-order valence-corrected chi connectivity index (χ1v) is 9.73. The summed E-state index contributed by atoms with van der Waals surface area (Å²) in [5, 5.41) is 4.96. The number of hydrogen-bond donors (Lipinski definition) is 2. The minimum atomic E-state index is -3.79. The molecule has 0 aliphatic carbocycles. The Labute approximate surface area is 128 Å². The number of hydrogen-bond acceptors (Lipinski definition) is 5. The van der Waals surface area contributed by atoms with Gasteiger partial charge in [-0.2, -0.15) is 0 Å². The largest absolute Gasteiger partial charge is 0.279 e. The molecule has 0 amide bonds. The Morgan fingerprint density at radius 3 is 2.05 bits per heavy atom. The second-order valence-electron chi connectivity index (χ2n) is 3.73. The molecular weight excluding hydrogens is 388 g/mol. The van der Waals surface area contributed by atoms with E-state index in [0.29, 0.717) is 3.79 Å². The molecule has 0 fully saturated rings. The Hall–Kier alpha value is -0.940. The van der Waals surface area contributed by atoms with Gasteiger partial charge in [0.1, 0.15) is 4.21 Å². The molecule has 20 heavy (non-hydrogen) atoms. The van der Waals surface area contributed by atoms with Crippen molar-refractivity contribution in [1.29, 1.82) is 0 Å². The van der Waals surface area contributed by atoms with Crippen LogP contribution in [-0.2, 0) is 20.0 Å². The molecule has 1 aromatic heterocycles. The van der Waals surface area contributed by atoms with Crippen LogP contribution in [0.4, 0.5) is 5.69 Å². The van der Waals surface area contributed by atoms with E-state index in [1.165, 1.54) is 30.3 Å². The van der Waals surface area contributed by atoms with Gasteiger partial charge in [-0.3, -0.25) is 4.72 Å². The van der Waals surface area contributed by atoms with Crippen molar-refractivity contribution in [1.82, 2.24) is 0 Å². The molecule has 1 aromatic carbocycles. The summed E-state index contributed by atoms with van der Waals surface area (Å²) in [7, 11) is -7.48. The molecule has 0 radical (unpaired) electrons. The van der Waals surface area contributed by atoms with E-state index in [1.807, 2.05) is 0 Å². The predicted octanol–water partition coefficient (Wildman–Crippen LogP) is 1.96. The molecule has 6 nitrogen and oxygen atoms in total. The maximum atomic E-state index is 12.0. The zero-order chi connectivity index (χ0) is 15.0. The van der Waals surface area contributed by atoms with Gasteiger partial charge in [0.05, 0.1) is 8.68 Å². The molecule has 0 bridgehead atoms. The second-order valence-corrected chi connectivity index (χ2v) is 9.67. The van der Waals surface area contributed by atoms with Gasteiger partial charge in [-0.1, -0.05) is 0 Å². The molecular formula is C10H9BrN2O4S3. The van der Waals surface area contributed by atoms with Crippen molar-refractivity contribution in [2.75, 3.05) is 4.72 Å². The Morgan fingerprint density at radius 1 is 1.00 bits per heavy atom. The average molecular weight is 397 g/mol. The molecule has 0 unspecified atom stereocenters. The zero-order valence-electron chi connectivity index (χ0n) is 9.78. The van der Waals surface area contributed by atoms with E-state index < -0.39 is 20.0 Å². The summed E-state index contributed by atoms with van der Waals surface area (Å²) in [6, 6.07) is 8.23. The predicted molar refractivity (Wildman–Crippen MR) is 80.6 cm³/mol. The highest BCUT2D eigenvalue weighted by Gasteiger charge is 2.17. The van der Waals surface area contributed by atoms with Gasteiger partial charge in [-0.05, 0) is 52.3 Å². The highest BCUT2D eigenvalue weighted by molar-refractivity contribution is 9.11. The van der Waals surface area contributed by atoms with Crippen molar-refractivity contribution in [2.45, 2.75) is 9.10 Å². The van der Waals surface area contributed by atoms with Crippen molar-refractivity contribution in [3.63, 3.8) is 0 Å². The lowest BCUT2D eigenvalue weighted by atomic mass is 10.3. The van der Waals surface area contributed by atoms with Crippen LogP contribution >= 0.6 is 27.3 Å². The summed E-state index contributed by atoms with van der Waals surface area (Å²) in [5.74, 6) is 0. The molecule has 0 aliphatic rings. The van der Waals surface area contributed by atoms with Crippen LogP contribution in [0.2, 0.25) is 0 Å². The number of primary sulfonamides is 1. The molecule has 0 aliphatic heterocycles. The summed E-state index contributed by atoms with van der Waals surface area (Å²) in [5.41, 5.74) is 0.252. The lowest BCUT2D eigenvalue weighted by Gasteiger charge is -2.06. The third-order valence-corrected chi connectivity index (χ3v) is 6.67. The summed E-state index contributed by atoms with van der Waals surface area (Å²) < 4.78 is 49.4. The number of benzene rings is 1. The van der Waals surface area contributed by atoms with Crippen LogP contribution in [0.15, 0.2) is 49.3 Å². The third kappa shape index (κ3) is 3.58. The fourth-order valence-corrected chi connectivity index (χ4v) is 4.94. The standard InChI is InChI=1S/C10H9BrN2O4S3/c11-9-5-6-10(18-9)20(16,17)13-7-1-3-8(4-2-7)19(12,14)15/h1-6,13H,(H2,12,14,15). The summed E-state index contributed by atoms with van der Waals surface area (Å²) in [4.78, 5) is -0.0840. The number of nitrogens with two attached hydrogens (primary N) is 1. The van der Waals surface area contributed by atoms with E-state index in [0.717, 1.165) is 11.3 Å². The molecule has 0 saturated carbocycles. The summed E-state index contributed by atoms with van der Waals surface area (Å²) in [6.45, 7) is 0. The minimum absolute atomic E-state index is 0.0840.